The zero-order chi connectivity index (χ0) is 19.2. The van der Waals surface area contributed by atoms with Gasteiger partial charge in [0.2, 0.25) is 5.91 Å². The number of carbonyl (C=O) groups is 3. The van der Waals surface area contributed by atoms with Crippen molar-refractivity contribution in [2.24, 2.45) is 0 Å². The van der Waals surface area contributed by atoms with Gasteiger partial charge in [0, 0.05) is 38.7 Å². The second-order valence-corrected chi connectivity index (χ2v) is 6.97. The number of rotatable bonds is 7. The smallest absolute Gasteiger partial charge is 0.287 e. The van der Waals surface area contributed by atoms with Crippen molar-refractivity contribution in [1.82, 2.24) is 15.5 Å². The van der Waals surface area contributed by atoms with Gasteiger partial charge in [-0.25, -0.2) is 0 Å². The largest absolute Gasteiger partial charge is 0.482 e. The molecule has 26 heavy (non-hydrogen) atoms. The Kier molecular flexibility index (Phi) is 7.13. The summed E-state index contributed by atoms with van der Waals surface area (Å²) in [5, 5.41) is 14.5. The molecule has 9 nitrogen and oxygen atoms in total. The number of amides is 2. The first-order valence-corrected chi connectivity index (χ1v) is 8.74. The number of hydrogen-bond donors (Lipinski definition) is 3. The van der Waals surface area contributed by atoms with Gasteiger partial charge in [0.1, 0.15) is 11.6 Å². The van der Waals surface area contributed by atoms with E-state index in [4.69, 9.17) is 9.47 Å². The second-order valence-electron chi connectivity index (χ2n) is 6.97. The molecule has 2 amide bonds. The lowest BCUT2D eigenvalue weighted by atomic mass is 9.98. The number of allylic oxidation sites excluding steroid dienone is 1. The molecule has 2 heterocycles. The van der Waals surface area contributed by atoms with Crippen LogP contribution in [0, 0.1) is 0 Å². The first kappa shape index (κ1) is 20.3. The predicted molar refractivity (Wildman–Crippen MR) is 92.2 cm³/mol. The lowest BCUT2D eigenvalue weighted by Crippen LogP contribution is -2.51. The number of aliphatic hydroxyl groups is 1. The Morgan fingerprint density at radius 1 is 1.35 bits per heavy atom. The van der Waals surface area contributed by atoms with E-state index in [0.717, 1.165) is 19.2 Å². The highest BCUT2D eigenvalue weighted by Gasteiger charge is 2.33. The molecule has 0 radical (unpaired) electrons. The molecular formula is C17H27N3O6. The normalized spacial score (nSPS) is 21.3. The summed E-state index contributed by atoms with van der Waals surface area (Å²) in [5.74, 6) is -1.56. The van der Waals surface area contributed by atoms with Crippen LogP contribution in [0.3, 0.4) is 0 Å². The fourth-order valence-electron chi connectivity index (χ4n) is 2.80. The van der Waals surface area contributed by atoms with E-state index < -0.39 is 30.1 Å². The molecule has 0 aromatic rings. The van der Waals surface area contributed by atoms with Crippen LogP contribution in [-0.2, 0) is 23.9 Å². The van der Waals surface area contributed by atoms with Crippen molar-refractivity contribution in [1.29, 1.82) is 0 Å². The summed E-state index contributed by atoms with van der Waals surface area (Å²) in [6.07, 6.45) is 1.29. The van der Waals surface area contributed by atoms with Crippen molar-refractivity contribution in [3.63, 3.8) is 0 Å². The molecule has 2 aliphatic heterocycles. The average molecular weight is 369 g/mol. The molecule has 1 saturated heterocycles. The molecular weight excluding hydrogens is 342 g/mol. The van der Waals surface area contributed by atoms with Crippen LogP contribution in [0.15, 0.2) is 11.8 Å². The van der Waals surface area contributed by atoms with Crippen LogP contribution < -0.4 is 10.6 Å². The Balaban J connectivity index is 1.82. The minimum atomic E-state index is -1.11. The van der Waals surface area contributed by atoms with Crippen LogP contribution in [0.5, 0.6) is 0 Å². The standard InChI is InChI=1S/C17H27N3O6/c1-17(2)10-12(22)9-14(26-17)16(24)19-13(11-21)15(23)18-3-4-20-5-7-25-8-6-20/h9,13,21H,3-8,10-11H2,1-2H3,(H,18,23)(H,19,24). The van der Waals surface area contributed by atoms with Crippen molar-refractivity contribution >= 4 is 17.6 Å². The van der Waals surface area contributed by atoms with E-state index in [-0.39, 0.29) is 18.0 Å². The zero-order valence-corrected chi connectivity index (χ0v) is 15.2. The van der Waals surface area contributed by atoms with Crippen LogP contribution >= 0.6 is 0 Å². The fourth-order valence-corrected chi connectivity index (χ4v) is 2.80. The van der Waals surface area contributed by atoms with Crippen molar-refractivity contribution in [3.8, 4) is 0 Å². The van der Waals surface area contributed by atoms with Gasteiger partial charge >= 0.3 is 0 Å². The molecule has 3 N–H and O–H groups in total. The third kappa shape index (κ3) is 6.08. The molecule has 0 spiro atoms. The maximum atomic E-state index is 12.3. The van der Waals surface area contributed by atoms with E-state index in [1.807, 2.05) is 0 Å². The summed E-state index contributed by atoms with van der Waals surface area (Å²) in [6, 6.07) is -1.11. The molecule has 0 aromatic heterocycles. The predicted octanol–water partition coefficient (Wildman–Crippen LogP) is -1.44. The van der Waals surface area contributed by atoms with Gasteiger partial charge in [0.25, 0.3) is 5.91 Å². The number of carbonyl (C=O) groups excluding carboxylic acids is 3. The minimum absolute atomic E-state index is 0.147. The van der Waals surface area contributed by atoms with Gasteiger partial charge < -0.3 is 25.2 Å². The van der Waals surface area contributed by atoms with Crippen LogP contribution in [0.25, 0.3) is 0 Å². The zero-order valence-electron chi connectivity index (χ0n) is 15.2. The van der Waals surface area contributed by atoms with E-state index in [1.54, 1.807) is 13.8 Å². The Morgan fingerprint density at radius 2 is 2.04 bits per heavy atom. The monoisotopic (exact) mass is 369 g/mol. The number of morpholine rings is 1. The Hall–Kier alpha value is -1.97. The summed E-state index contributed by atoms with van der Waals surface area (Å²) >= 11 is 0. The highest BCUT2D eigenvalue weighted by molar-refractivity contribution is 6.03. The number of hydrogen-bond acceptors (Lipinski definition) is 7. The number of ketones is 1. The van der Waals surface area contributed by atoms with E-state index >= 15 is 0 Å². The van der Waals surface area contributed by atoms with Crippen molar-refractivity contribution in [2.75, 3.05) is 46.0 Å². The van der Waals surface area contributed by atoms with E-state index in [1.165, 1.54) is 0 Å². The number of aliphatic hydroxyl groups excluding tert-OH is 1. The van der Waals surface area contributed by atoms with Gasteiger partial charge in [-0.15, -0.1) is 0 Å². The topological polar surface area (TPSA) is 117 Å². The van der Waals surface area contributed by atoms with Gasteiger partial charge in [-0.3, -0.25) is 19.3 Å². The third-order valence-corrected chi connectivity index (χ3v) is 4.14. The summed E-state index contributed by atoms with van der Waals surface area (Å²) in [7, 11) is 0. The van der Waals surface area contributed by atoms with Crippen LogP contribution in [0.2, 0.25) is 0 Å². The Bertz CT molecular complexity index is 569. The third-order valence-electron chi connectivity index (χ3n) is 4.14. The maximum Gasteiger partial charge on any atom is 0.287 e. The molecule has 0 aromatic carbocycles. The van der Waals surface area contributed by atoms with Gasteiger partial charge in [-0.1, -0.05) is 0 Å². The van der Waals surface area contributed by atoms with Gasteiger partial charge in [-0.2, -0.15) is 0 Å². The number of ether oxygens (including phenoxy) is 2. The lowest BCUT2D eigenvalue weighted by molar-refractivity contribution is -0.134. The van der Waals surface area contributed by atoms with Crippen molar-refractivity contribution in [2.45, 2.75) is 31.9 Å². The van der Waals surface area contributed by atoms with Gasteiger partial charge in [0.05, 0.1) is 19.8 Å². The minimum Gasteiger partial charge on any atom is -0.482 e. The molecule has 9 heteroatoms. The molecule has 0 bridgehead atoms. The van der Waals surface area contributed by atoms with E-state index in [2.05, 4.69) is 15.5 Å². The van der Waals surface area contributed by atoms with Crippen LogP contribution in [0.4, 0.5) is 0 Å². The summed E-state index contributed by atoms with van der Waals surface area (Å²) in [4.78, 5) is 38.3. The molecule has 146 valence electrons. The average Bonchev–Trinajstić information content (AvgIpc) is 2.58. The lowest BCUT2D eigenvalue weighted by Gasteiger charge is -2.30. The van der Waals surface area contributed by atoms with Crippen LogP contribution in [0.1, 0.15) is 20.3 Å². The van der Waals surface area contributed by atoms with E-state index in [9.17, 15) is 19.5 Å². The summed E-state index contributed by atoms with van der Waals surface area (Å²) in [6.45, 7) is 6.88. The SMILES string of the molecule is CC1(C)CC(=O)C=C(C(=O)NC(CO)C(=O)NCCN2CCOCC2)O1. The summed E-state index contributed by atoms with van der Waals surface area (Å²) in [5.41, 5.74) is -0.784. The van der Waals surface area contributed by atoms with Crippen molar-refractivity contribution in [3.05, 3.63) is 11.8 Å². The molecule has 1 unspecified atom stereocenters. The number of nitrogens with zero attached hydrogens (tertiary/aromatic N) is 1. The molecule has 2 rings (SSSR count). The first-order chi connectivity index (χ1) is 12.3. The molecule has 0 saturated carbocycles. The first-order valence-electron chi connectivity index (χ1n) is 8.74. The molecule has 2 aliphatic rings. The second kappa shape index (κ2) is 9.11. The van der Waals surface area contributed by atoms with Crippen LogP contribution in [-0.4, -0.2) is 85.2 Å². The summed E-state index contributed by atoms with van der Waals surface area (Å²) < 4.78 is 10.7. The molecule has 0 aliphatic carbocycles. The number of nitrogens with one attached hydrogen (secondary N) is 2. The van der Waals surface area contributed by atoms with Crippen molar-refractivity contribution < 1.29 is 29.0 Å². The highest BCUT2D eigenvalue weighted by Crippen LogP contribution is 2.24. The highest BCUT2D eigenvalue weighted by atomic mass is 16.5. The maximum absolute atomic E-state index is 12.3. The van der Waals surface area contributed by atoms with E-state index in [0.29, 0.717) is 26.3 Å². The Labute approximate surface area is 152 Å². The quantitative estimate of drug-likeness (QED) is 0.503. The van der Waals surface area contributed by atoms with Gasteiger partial charge in [0.15, 0.2) is 11.5 Å². The molecule has 1 atom stereocenters. The van der Waals surface area contributed by atoms with Gasteiger partial charge in [-0.05, 0) is 13.8 Å². The Morgan fingerprint density at radius 3 is 2.65 bits per heavy atom. The molecule has 1 fully saturated rings. The fraction of sp³-hybridized carbons (Fsp3) is 0.706.